The highest BCUT2D eigenvalue weighted by Crippen LogP contribution is 2.31. The summed E-state index contributed by atoms with van der Waals surface area (Å²) in [5.41, 5.74) is 0. The van der Waals surface area contributed by atoms with Gasteiger partial charge in [0.2, 0.25) is 10.0 Å². The summed E-state index contributed by atoms with van der Waals surface area (Å²) in [4.78, 5) is 4.15. The summed E-state index contributed by atoms with van der Waals surface area (Å²) in [7, 11) is -3.47. The van der Waals surface area contributed by atoms with E-state index in [4.69, 9.17) is 0 Å². The molecule has 0 spiro atoms. The van der Waals surface area contributed by atoms with Crippen LogP contribution in [0.1, 0.15) is 28.8 Å². The van der Waals surface area contributed by atoms with Crippen LogP contribution >= 0.6 is 11.3 Å². The Morgan fingerprint density at radius 3 is 2.90 bits per heavy atom. The van der Waals surface area contributed by atoms with Crippen LogP contribution in [0.3, 0.4) is 0 Å². The highest BCUT2D eigenvalue weighted by molar-refractivity contribution is 7.89. The smallest absolute Gasteiger partial charge is 0.244 e. The summed E-state index contributed by atoms with van der Waals surface area (Å²) in [6, 6.07) is 3.23. The maximum absolute atomic E-state index is 12.6. The summed E-state index contributed by atoms with van der Waals surface area (Å²) in [6.45, 7) is 2.92. The molecule has 3 rings (SSSR count). The Hall–Kier alpha value is -1.38. The molecule has 0 radical (unpaired) electrons. The largest absolute Gasteiger partial charge is 0.263 e. The molecular formula is C13H16N4O2S2. The minimum Gasteiger partial charge on any atom is -0.263 e. The average molecular weight is 324 g/mol. The van der Waals surface area contributed by atoms with Gasteiger partial charge in [-0.05, 0) is 31.9 Å². The first-order valence-corrected chi connectivity index (χ1v) is 9.03. The predicted molar refractivity (Wildman–Crippen MR) is 79.6 cm³/mol. The lowest BCUT2D eigenvalue weighted by molar-refractivity contribution is 0.314. The van der Waals surface area contributed by atoms with Crippen molar-refractivity contribution in [1.29, 1.82) is 0 Å². The van der Waals surface area contributed by atoms with Gasteiger partial charge in [-0.25, -0.2) is 8.42 Å². The van der Waals surface area contributed by atoms with Crippen molar-refractivity contribution < 1.29 is 8.42 Å². The summed E-state index contributed by atoms with van der Waals surface area (Å²) in [6.07, 6.45) is 4.76. The van der Waals surface area contributed by atoms with Crippen LogP contribution in [0.5, 0.6) is 0 Å². The van der Waals surface area contributed by atoms with Crippen molar-refractivity contribution in [1.82, 2.24) is 19.5 Å². The first kappa shape index (κ1) is 14.6. The third-order valence-corrected chi connectivity index (χ3v) is 6.40. The molecule has 0 aliphatic carbocycles. The maximum atomic E-state index is 12.6. The fourth-order valence-corrected chi connectivity index (χ4v) is 4.80. The van der Waals surface area contributed by atoms with E-state index in [9.17, 15) is 8.42 Å². The second-order valence-corrected chi connectivity index (χ2v) is 8.20. The number of hydrogen-bond donors (Lipinski definition) is 0. The fourth-order valence-electron chi connectivity index (χ4n) is 2.49. The van der Waals surface area contributed by atoms with Crippen molar-refractivity contribution >= 4 is 21.4 Å². The molecule has 0 bridgehead atoms. The molecule has 0 N–H and O–H groups in total. The van der Waals surface area contributed by atoms with Crippen LogP contribution in [0.15, 0.2) is 29.4 Å². The number of sulfonamides is 1. The molecule has 21 heavy (non-hydrogen) atoms. The van der Waals surface area contributed by atoms with Crippen LogP contribution in [0.25, 0.3) is 0 Å². The van der Waals surface area contributed by atoms with Crippen LogP contribution < -0.4 is 0 Å². The Morgan fingerprint density at radius 1 is 1.38 bits per heavy atom. The lowest BCUT2D eigenvalue weighted by Gasteiger charge is -2.30. The van der Waals surface area contributed by atoms with E-state index in [1.54, 1.807) is 29.7 Å². The number of piperidine rings is 1. The molecular weight excluding hydrogens is 308 g/mol. The van der Waals surface area contributed by atoms with E-state index in [0.29, 0.717) is 13.1 Å². The fraction of sp³-hybridized carbons (Fsp3) is 0.462. The molecule has 112 valence electrons. The van der Waals surface area contributed by atoms with E-state index >= 15 is 0 Å². The molecule has 3 heterocycles. The Kier molecular flexibility index (Phi) is 4.01. The highest BCUT2D eigenvalue weighted by Gasteiger charge is 2.32. The van der Waals surface area contributed by atoms with Gasteiger partial charge in [-0.3, -0.25) is 4.98 Å². The predicted octanol–water partition coefficient (Wildman–Crippen LogP) is 1.81. The molecule has 0 aromatic carbocycles. The van der Waals surface area contributed by atoms with Crippen LogP contribution in [-0.2, 0) is 10.0 Å². The summed E-state index contributed by atoms with van der Waals surface area (Å²) in [5, 5.41) is 10.0. The zero-order valence-corrected chi connectivity index (χ0v) is 13.3. The van der Waals surface area contributed by atoms with E-state index in [2.05, 4.69) is 15.2 Å². The average Bonchev–Trinajstić information content (AvgIpc) is 2.95. The quantitative estimate of drug-likeness (QED) is 0.860. The van der Waals surface area contributed by atoms with Gasteiger partial charge in [-0.15, -0.1) is 21.5 Å². The van der Waals surface area contributed by atoms with E-state index in [-0.39, 0.29) is 10.8 Å². The third kappa shape index (κ3) is 2.97. The van der Waals surface area contributed by atoms with Gasteiger partial charge in [0.15, 0.2) is 0 Å². The molecule has 0 unspecified atom stereocenters. The van der Waals surface area contributed by atoms with Gasteiger partial charge in [0.25, 0.3) is 0 Å². The standard InChI is InChI=1S/C13H16N4O2S2/c1-10-15-16-13(20-10)11-4-3-7-17(9-11)21(18,19)12-5-2-6-14-8-12/h2,5-6,8,11H,3-4,7,9H2,1H3/t11-/m0/s1. The maximum Gasteiger partial charge on any atom is 0.244 e. The zero-order chi connectivity index (χ0) is 14.9. The number of pyridine rings is 1. The van der Waals surface area contributed by atoms with E-state index in [1.807, 2.05) is 6.92 Å². The zero-order valence-electron chi connectivity index (χ0n) is 11.6. The van der Waals surface area contributed by atoms with E-state index in [0.717, 1.165) is 22.9 Å². The Labute approximate surface area is 127 Å². The number of aromatic nitrogens is 3. The van der Waals surface area contributed by atoms with Gasteiger partial charge in [-0.2, -0.15) is 4.31 Å². The molecule has 1 saturated heterocycles. The molecule has 6 nitrogen and oxygen atoms in total. The second-order valence-electron chi connectivity index (χ2n) is 5.05. The molecule has 8 heteroatoms. The minimum atomic E-state index is -3.47. The van der Waals surface area contributed by atoms with Gasteiger partial charge in [0.05, 0.1) is 0 Å². The van der Waals surface area contributed by atoms with Gasteiger partial charge in [-0.1, -0.05) is 0 Å². The van der Waals surface area contributed by atoms with Gasteiger partial charge in [0, 0.05) is 31.4 Å². The Bertz CT molecular complexity index is 715. The summed E-state index contributed by atoms with van der Waals surface area (Å²) >= 11 is 1.55. The molecule has 2 aromatic heterocycles. The van der Waals surface area contributed by atoms with Gasteiger partial charge < -0.3 is 0 Å². The molecule has 2 aromatic rings. The number of rotatable bonds is 3. The van der Waals surface area contributed by atoms with Crippen LogP contribution in [0, 0.1) is 6.92 Å². The molecule has 1 aliphatic rings. The van der Waals surface area contributed by atoms with E-state index in [1.165, 1.54) is 10.5 Å². The minimum absolute atomic E-state index is 0.136. The topological polar surface area (TPSA) is 76.1 Å². The normalized spacial score (nSPS) is 20.5. The van der Waals surface area contributed by atoms with E-state index < -0.39 is 10.0 Å². The number of hydrogen-bond acceptors (Lipinski definition) is 6. The summed E-state index contributed by atoms with van der Waals surface area (Å²) in [5.74, 6) is 0.136. The number of aryl methyl sites for hydroxylation is 1. The molecule has 1 aliphatic heterocycles. The van der Waals surface area contributed by atoms with Gasteiger partial charge in [0.1, 0.15) is 14.9 Å². The first-order valence-electron chi connectivity index (χ1n) is 6.77. The summed E-state index contributed by atoms with van der Waals surface area (Å²) < 4.78 is 26.8. The molecule has 1 atom stereocenters. The molecule has 1 fully saturated rings. The van der Waals surface area contributed by atoms with Crippen LogP contribution in [-0.4, -0.2) is 41.0 Å². The Morgan fingerprint density at radius 2 is 2.24 bits per heavy atom. The highest BCUT2D eigenvalue weighted by atomic mass is 32.2. The lowest BCUT2D eigenvalue weighted by Crippen LogP contribution is -2.39. The molecule has 0 saturated carbocycles. The monoisotopic (exact) mass is 324 g/mol. The number of nitrogens with zero attached hydrogens (tertiary/aromatic N) is 4. The van der Waals surface area contributed by atoms with Crippen molar-refractivity contribution in [2.75, 3.05) is 13.1 Å². The Balaban J connectivity index is 1.83. The van der Waals surface area contributed by atoms with Crippen molar-refractivity contribution in [2.24, 2.45) is 0 Å². The van der Waals surface area contributed by atoms with Crippen molar-refractivity contribution in [3.8, 4) is 0 Å². The first-order chi connectivity index (χ1) is 10.1. The van der Waals surface area contributed by atoms with Gasteiger partial charge >= 0.3 is 0 Å². The van der Waals surface area contributed by atoms with Crippen LogP contribution in [0.2, 0.25) is 0 Å². The van der Waals surface area contributed by atoms with Crippen molar-refractivity contribution in [2.45, 2.75) is 30.6 Å². The molecule has 0 amide bonds. The third-order valence-electron chi connectivity index (χ3n) is 3.55. The lowest BCUT2D eigenvalue weighted by atomic mass is 10.0. The van der Waals surface area contributed by atoms with Crippen molar-refractivity contribution in [3.63, 3.8) is 0 Å². The second kappa shape index (κ2) is 5.78. The van der Waals surface area contributed by atoms with Crippen molar-refractivity contribution in [3.05, 3.63) is 34.5 Å². The SMILES string of the molecule is Cc1nnc([C@H]2CCCN(S(=O)(=O)c3cccnc3)C2)s1. The van der Waals surface area contributed by atoms with Crippen LogP contribution in [0.4, 0.5) is 0 Å².